The number of ether oxygens (including phenoxy) is 1. The maximum atomic E-state index is 5.76. The summed E-state index contributed by atoms with van der Waals surface area (Å²) in [5.41, 5.74) is 5.61. The van der Waals surface area contributed by atoms with Gasteiger partial charge in [0.2, 0.25) is 0 Å². The van der Waals surface area contributed by atoms with Gasteiger partial charge in [-0.05, 0) is 12.8 Å². The lowest BCUT2D eigenvalue weighted by Crippen LogP contribution is -2.43. The second kappa shape index (κ2) is 4.77. The van der Waals surface area contributed by atoms with Crippen molar-refractivity contribution < 1.29 is 4.74 Å². The van der Waals surface area contributed by atoms with E-state index in [2.05, 4.69) is 9.97 Å². The number of hydrogen-bond donors (Lipinski definition) is 1. The third-order valence-corrected chi connectivity index (χ3v) is 2.29. The SMILES string of the molecule is Cl.N[C@H]1C[C@H](Oc2nccnc2Cl)C1. The molecule has 0 aliphatic heterocycles. The van der Waals surface area contributed by atoms with E-state index < -0.39 is 0 Å². The van der Waals surface area contributed by atoms with Crippen LogP contribution in [0.4, 0.5) is 0 Å². The molecule has 0 spiro atoms. The standard InChI is InChI=1S/C8H10ClN3O.ClH/c9-7-8(12-2-1-11-7)13-6-3-5(10)4-6;/h1-2,5-6H,3-4,10H2;1H/t5-,6-;. The van der Waals surface area contributed by atoms with E-state index in [1.165, 1.54) is 6.20 Å². The largest absolute Gasteiger partial charge is 0.472 e. The highest BCUT2D eigenvalue weighted by Gasteiger charge is 2.28. The summed E-state index contributed by atoms with van der Waals surface area (Å²) in [6, 6.07) is 0.264. The van der Waals surface area contributed by atoms with E-state index >= 15 is 0 Å². The van der Waals surface area contributed by atoms with Crippen LogP contribution in [0.5, 0.6) is 5.88 Å². The molecule has 0 aromatic carbocycles. The molecule has 0 unspecified atom stereocenters. The molecule has 1 heterocycles. The quantitative estimate of drug-likeness (QED) is 0.843. The summed E-state index contributed by atoms with van der Waals surface area (Å²) in [5, 5.41) is 0.308. The zero-order valence-corrected chi connectivity index (χ0v) is 8.96. The van der Waals surface area contributed by atoms with Crippen molar-refractivity contribution in [2.45, 2.75) is 25.0 Å². The maximum absolute atomic E-state index is 5.76. The van der Waals surface area contributed by atoms with Crippen LogP contribution in [0, 0.1) is 0 Å². The fourth-order valence-corrected chi connectivity index (χ4v) is 1.40. The molecule has 0 saturated heterocycles. The van der Waals surface area contributed by atoms with Gasteiger partial charge in [-0.25, -0.2) is 9.97 Å². The minimum atomic E-state index is 0. The van der Waals surface area contributed by atoms with E-state index in [0.717, 1.165) is 12.8 Å². The smallest absolute Gasteiger partial charge is 0.252 e. The molecule has 0 bridgehead atoms. The number of nitrogens with zero attached hydrogens (tertiary/aromatic N) is 2. The van der Waals surface area contributed by atoms with Crippen LogP contribution >= 0.6 is 24.0 Å². The first-order valence-electron chi connectivity index (χ1n) is 4.14. The average molecular weight is 236 g/mol. The van der Waals surface area contributed by atoms with Crippen LogP contribution < -0.4 is 10.5 Å². The van der Waals surface area contributed by atoms with E-state index in [1.54, 1.807) is 6.20 Å². The molecule has 2 N–H and O–H groups in total. The number of aromatic nitrogens is 2. The number of nitrogens with two attached hydrogens (primary N) is 1. The summed E-state index contributed by atoms with van der Waals surface area (Å²) in [6.45, 7) is 0. The predicted molar refractivity (Wildman–Crippen MR) is 55.9 cm³/mol. The molecule has 0 atom stereocenters. The van der Waals surface area contributed by atoms with Crippen LogP contribution in [0.15, 0.2) is 12.4 Å². The van der Waals surface area contributed by atoms with Crippen LogP contribution in [0.2, 0.25) is 5.15 Å². The van der Waals surface area contributed by atoms with Crippen LogP contribution in [0.1, 0.15) is 12.8 Å². The molecule has 1 saturated carbocycles. The lowest BCUT2D eigenvalue weighted by molar-refractivity contribution is 0.0955. The van der Waals surface area contributed by atoms with Crippen molar-refractivity contribution in [3.8, 4) is 5.88 Å². The summed E-state index contributed by atoms with van der Waals surface area (Å²) < 4.78 is 5.47. The molecule has 1 aromatic rings. The molecule has 78 valence electrons. The Morgan fingerprint density at radius 2 is 2.00 bits per heavy atom. The Bertz CT molecular complexity index is 304. The van der Waals surface area contributed by atoms with E-state index in [4.69, 9.17) is 22.1 Å². The third-order valence-electron chi connectivity index (χ3n) is 2.03. The van der Waals surface area contributed by atoms with E-state index in [1.807, 2.05) is 0 Å². The highest BCUT2D eigenvalue weighted by atomic mass is 35.5. The summed E-state index contributed by atoms with van der Waals surface area (Å²) in [4.78, 5) is 7.82. The van der Waals surface area contributed by atoms with Crippen LogP contribution in [0.25, 0.3) is 0 Å². The highest BCUT2D eigenvalue weighted by molar-refractivity contribution is 6.30. The second-order valence-electron chi connectivity index (χ2n) is 3.12. The van der Waals surface area contributed by atoms with Crippen molar-refractivity contribution in [1.29, 1.82) is 0 Å². The third kappa shape index (κ3) is 2.47. The lowest BCUT2D eigenvalue weighted by atomic mass is 9.90. The van der Waals surface area contributed by atoms with Crippen molar-refractivity contribution in [1.82, 2.24) is 9.97 Å². The minimum Gasteiger partial charge on any atom is -0.472 e. The Morgan fingerprint density at radius 1 is 1.36 bits per heavy atom. The Labute approximate surface area is 93.2 Å². The zero-order valence-electron chi connectivity index (χ0n) is 7.39. The molecule has 0 radical (unpaired) electrons. The molecular weight excluding hydrogens is 225 g/mol. The topological polar surface area (TPSA) is 61.0 Å². The molecule has 4 nitrogen and oxygen atoms in total. The average Bonchev–Trinajstić information content (AvgIpc) is 2.06. The molecule has 2 rings (SSSR count). The van der Waals surface area contributed by atoms with Gasteiger partial charge in [-0.2, -0.15) is 0 Å². The Kier molecular flexibility index (Phi) is 3.92. The molecule has 1 aliphatic carbocycles. The normalized spacial score (nSPS) is 24.7. The highest BCUT2D eigenvalue weighted by Crippen LogP contribution is 2.26. The van der Waals surface area contributed by atoms with Crippen LogP contribution in [-0.2, 0) is 0 Å². The molecular formula is C8H11Cl2N3O. The predicted octanol–water partition coefficient (Wildman–Crippen LogP) is 1.42. The minimum absolute atomic E-state index is 0. The van der Waals surface area contributed by atoms with Gasteiger partial charge in [-0.15, -0.1) is 12.4 Å². The molecule has 1 fully saturated rings. The van der Waals surface area contributed by atoms with Crippen LogP contribution in [0.3, 0.4) is 0 Å². The number of hydrogen-bond acceptors (Lipinski definition) is 4. The van der Waals surface area contributed by atoms with Gasteiger partial charge >= 0.3 is 0 Å². The number of rotatable bonds is 2. The van der Waals surface area contributed by atoms with Gasteiger partial charge in [-0.3, -0.25) is 0 Å². The van der Waals surface area contributed by atoms with Gasteiger partial charge in [0.1, 0.15) is 6.10 Å². The van der Waals surface area contributed by atoms with E-state index in [9.17, 15) is 0 Å². The first-order chi connectivity index (χ1) is 6.25. The number of halogens is 2. The summed E-state index contributed by atoms with van der Waals surface area (Å²) in [5.74, 6) is 0.404. The van der Waals surface area contributed by atoms with Gasteiger partial charge in [0.25, 0.3) is 5.88 Å². The van der Waals surface area contributed by atoms with Gasteiger partial charge in [0, 0.05) is 18.4 Å². The van der Waals surface area contributed by atoms with Crippen molar-refractivity contribution in [3.05, 3.63) is 17.5 Å². The Balaban J connectivity index is 0.000000980. The van der Waals surface area contributed by atoms with E-state index in [-0.39, 0.29) is 24.6 Å². The summed E-state index contributed by atoms with van der Waals surface area (Å²) in [7, 11) is 0. The molecule has 1 aromatic heterocycles. The first kappa shape index (κ1) is 11.5. The van der Waals surface area contributed by atoms with Crippen molar-refractivity contribution in [2.75, 3.05) is 0 Å². The summed E-state index contributed by atoms with van der Waals surface area (Å²) in [6.07, 6.45) is 4.98. The Hall–Kier alpha value is -0.580. The molecule has 0 amide bonds. The monoisotopic (exact) mass is 235 g/mol. The first-order valence-corrected chi connectivity index (χ1v) is 4.52. The molecule has 1 aliphatic rings. The van der Waals surface area contributed by atoms with Crippen LogP contribution in [-0.4, -0.2) is 22.1 Å². The second-order valence-corrected chi connectivity index (χ2v) is 3.48. The fourth-order valence-electron chi connectivity index (χ4n) is 1.25. The molecule has 14 heavy (non-hydrogen) atoms. The zero-order chi connectivity index (χ0) is 9.26. The molecule has 6 heteroatoms. The van der Waals surface area contributed by atoms with Crippen molar-refractivity contribution in [2.24, 2.45) is 5.73 Å². The van der Waals surface area contributed by atoms with Gasteiger partial charge in [-0.1, -0.05) is 11.6 Å². The maximum Gasteiger partial charge on any atom is 0.252 e. The van der Waals surface area contributed by atoms with Gasteiger partial charge < -0.3 is 10.5 Å². The Morgan fingerprint density at radius 3 is 2.57 bits per heavy atom. The summed E-state index contributed by atoms with van der Waals surface area (Å²) >= 11 is 5.76. The fraction of sp³-hybridized carbons (Fsp3) is 0.500. The van der Waals surface area contributed by atoms with Gasteiger partial charge in [0.05, 0.1) is 0 Å². The van der Waals surface area contributed by atoms with Gasteiger partial charge in [0.15, 0.2) is 5.15 Å². The lowest BCUT2D eigenvalue weighted by Gasteiger charge is -2.32. The van der Waals surface area contributed by atoms with Crippen molar-refractivity contribution in [3.63, 3.8) is 0 Å². The van der Waals surface area contributed by atoms with E-state index in [0.29, 0.717) is 11.0 Å². The van der Waals surface area contributed by atoms with Crippen molar-refractivity contribution >= 4 is 24.0 Å².